The average Bonchev–Trinajstić information content (AvgIpc) is 2.28. The third-order valence-corrected chi connectivity index (χ3v) is 3.47. The first kappa shape index (κ1) is 12.6. The zero-order valence-corrected chi connectivity index (χ0v) is 11.7. The summed E-state index contributed by atoms with van der Waals surface area (Å²) in [5.74, 6) is 0. The fraction of sp³-hybridized carbons (Fsp3) is 0.154. The first-order valence-electron chi connectivity index (χ1n) is 5.20. The first-order chi connectivity index (χ1) is 8.08. The molecule has 0 spiro atoms. The number of hydrogen-bond donors (Lipinski definition) is 1. The maximum absolute atomic E-state index is 6.22. The van der Waals surface area contributed by atoms with Crippen molar-refractivity contribution in [3.05, 3.63) is 62.8 Å². The van der Waals surface area contributed by atoms with E-state index in [9.17, 15) is 0 Å². The maximum Gasteiger partial charge on any atom is 0.0578 e. The van der Waals surface area contributed by atoms with Crippen LogP contribution in [0.15, 0.2) is 41.1 Å². The molecular weight excluding hydrogens is 300 g/mol. The Bertz CT molecular complexity index is 543. The van der Waals surface area contributed by atoms with E-state index in [2.05, 4.69) is 20.9 Å². The van der Waals surface area contributed by atoms with Crippen LogP contribution in [0.2, 0.25) is 5.02 Å². The predicted molar refractivity (Wildman–Crippen MR) is 74.2 cm³/mol. The van der Waals surface area contributed by atoms with Crippen molar-refractivity contribution in [2.24, 2.45) is 5.73 Å². The molecule has 0 fully saturated rings. The standard InChI is InChI=1S/C13H12BrClN2/c1-8-4-9(7-17-6-8)13(16)11-3-2-10(15)5-12(11)14/h2-7,13H,16H2,1H3. The molecule has 0 aliphatic heterocycles. The highest BCUT2D eigenvalue weighted by atomic mass is 79.9. The highest BCUT2D eigenvalue weighted by Gasteiger charge is 2.12. The van der Waals surface area contributed by atoms with Crippen molar-refractivity contribution in [2.45, 2.75) is 13.0 Å². The number of aromatic nitrogens is 1. The SMILES string of the molecule is Cc1cncc(C(N)c2ccc(Cl)cc2Br)c1. The van der Waals surface area contributed by atoms with Crippen LogP contribution in [0.3, 0.4) is 0 Å². The number of rotatable bonds is 2. The molecule has 1 aromatic carbocycles. The zero-order valence-electron chi connectivity index (χ0n) is 9.32. The second kappa shape index (κ2) is 5.17. The van der Waals surface area contributed by atoms with Gasteiger partial charge in [-0.1, -0.05) is 39.7 Å². The van der Waals surface area contributed by atoms with Gasteiger partial charge in [-0.05, 0) is 35.7 Å². The second-order valence-electron chi connectivity index (χ2n) is 3.94. The molecule has 88 valence electrons. The number of benzene rings is 1. The summed E-state index contributed by atoms with van der Waals surface area (Å²) in [5, 5.41) is 0.690. The van der Waals surface area contributed by atoms with Crippen molar-refractivity contribution >= 4 is 27.5 Å². The van der Waals surface area contributed by atoms with Gasteiger partial charge in [0.05, 0.1) is 6.04 Å². The molecule has 2 N–H and O–H groups in total. The lowest BCUT2D eigenvalue weighted by atomic mass is 10.0. The topological polar surface area (TPSA) is 38.9 Å². The van der Waals surface area contributed by atoms with Crippen LogP contribution < -0.4 is 5.73 Å². The third-order valence-electron chi connectivity index (χ3n) is 2.55. The molecule has 1 heterocycles. The molecular formula is C13H12BrClN2. The van der Waals surface area contributed by atoms with Crippen molar-refractivity contribution < 1.29 is 0 Å². The van der Waals surface area contributed by atoms with Crippen LogP contribution in [0.4, 0.5) is 0 Å². The predicted octanol–water partition coefficient (Wildman–Crippen LogP) is 3.85. The first-order valence-corrected chi connectivity index (χ1v) is 6.37. The van der Waals surface area contributed by atoms with Gasteiger partial charge >= 0.3 is 0 Å². The van der Waals surface area contributed by atoms with E-state index in [-0.39, 0.29) is 6.04 Å². The zero-order chi connectivity index (χ0) is 12.4. The van der Waals surface area contributed by atoms with Crippen LogP contribution in [0.1, 0.15) is 22.7 Å². The second-order valence-corrected chi connectivity index (χ2v) is 5.23. The Morgan fingerprint density at radius 3 is 2.71 bits per heavy atom. The minimum Gasteiger partial charge on any atom is -0.320 e. The van der Waals surface area contributed by atoms with Gasteiger partial charge in [-0.2, -0.15) is 0 Å². The van der Waals surface area contributed by atoms with E-state index in [0.29, 0.717) is 5.02 Å². The van der Waals surface area contributed by atoms with Crippen LogP contribution in [0, 0.1) is 6.92 Å². The Labute approximate surface area is 114 Å². The van der Waals surface area contributed by atoms with Crippen molar-refractivity contribution in [1.29, 1.82) is 0 Å². The van der Waals surface area contributed by atoms with Gasteiger partial charge in [-0.15, -0.1) is 0 Å². The maximum atomic E-state index is 6.22. The van der Waals surface area contributed by atoms with Gasteiger partial charge in [-0.25, -0.2) is 0 Å². The van der Waals surface area contributed by atoms with Crippen molar-refractivity contribution in [3.8, 4) is 0 Å². The number of hydrogen-bond acceptors (Lipinski definition) is 2. The Hall–Kier alpha value is -0.900. The lowest BCUT2D eigenvalue weighted by Gasteiger charge is -2.14. The van der Waals surface area contributed by atoms with E-state index in [1.807, 2.05) is 37.4 Å². The molecule has 2 rings (SSSR count). The van der Waals surface area contributed by atoms with Crippen LogP contribution >= 0.6 is 27.5 Å². The Kier molecular flexibility index (Phi) is 3.82. The van der Waals surface area contributed by atoms with E-state index >= 15 is 0 Å². The van der Waals surface area contributed by atoms with E-state index in [4.69, 9.17) is 17.3 Å². The fourth-order valence-electron chi connectivity index (χ4n) is 1.68. The number of aryl methyl sites for hydroxylation is 1. The summed E-state index contributed by atoms with van der Waals surface area (Å²) in [5.41, 5.74) is 9.32. The van der Waals surface area contributed by atoms with Gasteiger partial charge in [0, 0.05) is 21.9 Å². The summed E-state index contributed by atoms with van der Waals surface area (Å²) < 4.78 is 0.916. The van der Waals surface area contributed by atoms with Gasteiger partial charge in [0.2, 0.25) is 0 Å². The van der Waals surface area contributed by atoms with Gasteiger partial charge in [0.25, 0.3) is 0 Å². The third kappa shape index (κ3) is 2.86. The smallest absolute Gasteiger partial charge is 0.0578 e. The molecule has 1 aromatic heterocycles. The van der Waals surface area contributed by atoms with Crippen LogP contribution in [0.25, 0.3) is 0 Å². The highest BCUT2D eigenvalue weighted by Crippen LogP contribution is 2.29. The molecule has 0 aliphatic carbocycles. The quantitative estimate of drug-likeness (QED) is 0.915. The molecule has 4 heteroatoms. The molecule has 0 saturated carbocycles. The normalized spacial score (nSPS) is 12.5. The van der Waals surface area contributed by atoms with E-state index in [1.54, 1.807) is 6.20 Å². The monoisotopic (exact) mass is 310 g/mol. The molecule has 2 aromatic rings. The molecule has 0 saturated heterocycles. The Morgan fingerprint density at radius 1 is 1.29 bits per heavy atom. The lowest BCUT2D eigenvalue weighted by Crippen LogP contribution is -2.13. The minimum atomic E-state index is -0.200. The van der Waals surface area contributed by atoms with E-state index in [1.165, 1.54) is 0 Å². The van der Waals surface area contributed by atoms with E-state index < -0.39 is 0 Å². The van der Waals surface area contributed by atoms with Crippen LogP contribution in [0.5, 0.6) is 0 Å². The molecule has 1 atom stereocenters. The van der Waals surface area contributed by atoms with Crippen molar-refractivity contribution in [1.82, 2.24) is 4.98 Å². The summed E-state index contributed by atoms with van der Waals surface area (Å²) >= 11 is 9.39. The van der Waals surface area contributed by atoms with Gasteiger partial charge in [0.15, 0.2) is 0 Å². The van der Waals surface area contributed by atoms with Crippen LogP contribution in [-0.2, 0) is 0 Å². The molecule has 1 unspecified atom stereocenters. The number of halogens is 2. The summed E-state index contributed by atoms with van der Waals surface area (Å²) in [7, 11) is 0. The minimum absolute atomic E-state index is 0.200. The number of nitrogens with zero attached hydrogens (tertiary/aromatic N) is 1. The summed E-state index contributed by atoms with van der Waals surface area (Å²) in [6.45, 7) is 2.00. The van der Waals surface area contributed by atoms with Crippen LogP contribution in [-0.4, -0.2) is 4.98 Å². The molecule has 2 nitrogen and oxygen atoms in total. The Morgan fingerprint density at radius 2 is 2.06 bits per heavy atom. The Balaban J connectivity index is 2.40. The van der Waals surface area contributed by atoms with Crippen molar-refractivity contribution in [2.75, 3.05) is 0 Å². The van der Waals surface area contributed by atoms with Crippen molar-refractivity contribution in [3.63, 3.8) is 0 Å². The summed E-state index contributed by atoms with van der Waals surface area (Å²) in [6, 6.07) is 7.46. The number of pyridine rings is 1. The lowest BCUT2D eigenvalue weighted by molar-refractivity contribution is 0.855. The molecule has 0 bridgehead atoms. The van der Waals surface area contributed by atoms with Gasteiger partial charge < -0.3 is 5.73 Å². The average molecular weight is 312 g/mol. The van der Waals surface area contributed by atoms with E-state index in [0.717, 1.165) is 21.2 Å². The molecule has 17 heavy (non-hydrogen) atoms. The molecule has 0 aliphatic rings. The highest BCUT2D eigenvalue weighted by molar-refractivity contribution is 9.10. The van der Waals surface area contributed by atoms with Gasteiger partial charge in [-0.3, -0.25) is 4.98 Å². The largest absolute Gasteiger partial charge is 0.320 e. The fourth-order valence-corrected chi connectivity index (χ4v) is 2.61. The van der Waals surface area contributed by atoms with Gasteiger partial charge in [0.1, 0.15) is 0 Å². The molecule has 0 radical (unpaired) electrons. The summed E-state index contributed by atoms with van der Waals surface area (Å²) in [6.07, 6.45) is 3.60. The molecule has 0 amide bonds. The summed E-state index contributed by atoms with van der Waals surface area (Å²) in [4.78, 5) is 4.16. The number of nitrogens with two attached hydrogens (primary N) is 1.